The van der Waals surface area contributed by atoms with E-state index in [0.717, 1.165) is 5.52 Å². The lowest BCUT2D eigenvalue weighted by molar-refractivity contribution is 0.421. The van der Waals surface area contributed by atoms with Crippen LogP contribution in [0.3, 0.4) is 0 Å². The van der Waals surface area contributed by atoms with Crippen LogP contribution in [0, 0.1) is 11.7 Å². The van der Waals surface area contributed by atoms with Gasteiger partial charge in [-0.15, -0.1) is 0 Å². The molecule has 2 aromatic rings. The molecule has 1 unspecified atom stereocenters. The zero-order valence-corrected chi connectivity index (χ0v) is 10.8. The predicted molar refractivity (Wildman–Crippen MR) is 68.7 cm³/mol. The lowest BCUT2D eigenvalue weighted by atomic mass is 10.1. The normalized spacial score (nSPS) is 13.5. The number of rotatable bonds is 2. The van der Waals surface area contributed by atoms with Gasteiger partial charge in [0, 0.05) is 12.1 Å². The van der Waals surface area contributed by atoms with E-state index >= 15 is 0 Å². The number of hydrogen-bond donors (Lipinski definition) is 1. The second kappa shape index (κ2) is 4.18. The van der Waals surface area contributed by atoms with Crippen LogP contribution in [0.25, 0.3) is 11.0 Å². The summed E-state index contributed by atoms with van der Waals surface area (Å²) in [5, 5.41) is 0.0922. The van der Waals surface area contributed by atoms with Crippen molar-refractivity contribution in [3.8, 4) is 0 Å². The van der Waals surface area contributed by atoms with E-state index in [2.05, 4.69) is 25.8 Å². The van der Waals surface area contributed by atoms with Crippen LogP contribution in [0.15, 0.2) is 12.1 Å². The summed E-state index contributed by atoms with van der Waals surface area (Å²) >= 11 is 5.80. The summed E-state index contributed by atoms with van der Waals surface area (Å²) in [5.74, 6) is 0.322. The number of nitrogens with two attached hydrogens (primary N) is 1. The molecule has 0 spiro atoms. The van der Waals surface area contributed by atoms with Crippen LogP contribution in [0.4, 0.5) is 10.3 Å². The molecule has 0 saturated carbocycles. The zero-order chi connectivity index (χ0) is 12.7. The molecule has 0 saturated heterocycles. The average molecular weight is 256 g/mol. The molecule has 92 valence electrons. The maximum atomic E-state index is 13.3. The van der Waals surface area contributed by atoms with Gasteiger partial charge in [0.1, 0.15) is 5.82 Å². The van der Waals surface area contributed by atoms with Gasteiger partial charge in [-0.1, -0.05) is 25.4 Å². The first-order chi connectivity index (χ1) is 7.91. The van der Waals surface area contributed by atoms with E-state index in [1.165, 1.54) is 6.07 Å². The van der Waals surface area contributed by atoms with Crippen molar-refractivity contribution in [1.29, 1.82) is 0 Å². The van der Waals surface area contributed by atoms with Crippen molar-refractivity contribution in [1.82, 2.24) is 9.55 Å². The van der Waals surface area contributed by atoms with Gasteiger partial charge in [-0.2, -0.15) is 0 Å². The number of halogens is 2. The number of hydrogen-bond acceptors (Lipinski definition) is 2. The summed E-state index contributed by atoms with van der Waals surface area (Å²) in [5.41, 5.74) is 7.19. The molecule has 0 fully saturated rings. The van der Waals surface area contributed by atoms with Crippen LogP contribution in [0.2, 0.25) is 5.02 Å². The van der Waals surface area contributed by atoms with E-state index in [9.17, 15) is 4.39 Å². The monoisotopic (exact) mass is 255 g/mol. The first-order valence-electron chi connectivity index (χ1n) is 5.54. The van der Waals surface area contributed by atoms with Crippen molar-refractivity contribution >= 4 is 28.6 Å². The van der Waals surface area contributed by atoms with Gasteiger partial charge in [-0.25, -0.2) is 9.37 Å². The highest BCUT2D eigenvalue weighted by Gasteiger charge is 2.18. The Hall–Kier alpha value is -1.29. The Morgan fingerprint density at radius 3 is 2.59 bits per heavy atom. The van der Waals surface area contributed by atoms with Crippen LogP contribution in [-0.2, 0) is 0 Å². The van der Waals surface area contributed by atoms with E-state index in [1.54, 1.807) is 6.07 Å². The fourth-order valence-corrected chi connectivity index (χ4v) is 1.99. The topological polar surface area (TPSA) is 43.8 Å². The Bertz CT molecular complexity index is 562. The smallest absolute Gasteiger partial charge is 0.201 e. The average Bonchev–Trinajstić information content (AvgIpc) is 2.53. The van der Waals surface area contributed by atoms with Crippen LogP contribution < -0.4 is 5.73 Å². The summed E-state index contributed by atoms with van der Waals surface area (Å²) in [6, 6.07) is 3.08. The number of imidazole rings is 1. The molecule has 0 aliphatic carbocycles. The van der Waals surface area contributed by atoms with Crippen molar-refractivity contribution < 1.29 is 4.39 Å². The van der Waals surface area contributed by atoms with Crippen molar-refractivity contribution in [2.75, 3.05) is 5.73 Å². The van der Waals surface area contributed by atoms with Gasteiger partial charge in [-0.3, -0.25) is 0 Å². The van der Waals surface area contributed by atoms with Gasteiger partial charge in [-0.05, 0) is 18.9 Å². The Balaban J connectivity index is 2.70. The first kappa shape index (κ1) is 12.2. The molecule has 1 aromatic carbocycles. The maximum Gasteiger partial charge on any atom is 0.201 e. The third-order valence-electron chi connectivity index (χ3n) is 3.13. The number of aromatic nitrogens is 2. The number of anilines is 1. The zero-order valence-electron chi connectivity index (χ0n) is 10.0. The summed E-state index contributed by atoms with van der Waals surface area (Å²) in [6.45, 7) is 6.25. The molecule has 17 heavy (non-hydrogen) atoms. The molecule has 0 radical (unpaired) electrons. The Morgan fingerprint density at radius 1 is 1.35 bits per heavy atom. The number of fused-ring (bicyclic) bond motifs is 1. The second-order valence-corrected chi connectivity index (χ2v) is 4.99. The van der Waals surface area contributed by atoms with Crippen molar-refractivity contribution in [2.45, 2.75) is 26.8 Å². The third kappa shape index (κ3) is 1.97. The summed E-state index contributed by atoms with van der Waals surface area (Å²) in [4.78, 5) is 4.16. The van der Waals surface area contributed by atoms with E-state index in [0.29, 0.717) is 17.4 Å². The Kier molecular flexibility index (Phi) is 3.00. The molecule has 0 aliphatic rings. The molecule has 0 aliphatic heterocycles. The largest absolute Gasteiger partial charge is 0.369 e. The number of nitrogen functional groups attached to an aromatic ring is 1. The van der Waals surface area contributed by atoms with E-state index in [4.69, 9.17) is 17.3 Å². The summed E-state index contributed by atoms with van der Waals surface area (Å²) < 4.78 is 15.2. The molecule has 1 heterocycles. The van der Waals surface area contributed by atoms with Gasteiger partial charge in [0.25, 0.3) is 0 Å². The molecule has 2 N–H and O–H groups in total. The molecule has 3 nitrogen and oxygen atoms in total. The fourth-order valence-electron chi connectivity index (χ4n) is 1.84. The number of nitrogens with zero attached hydrogens (tertiary/aromatic N) is 2. The van der Waals surface area contributed by atoms with Crippen molar-refractivity contribution in [3.63, 3.8) is 0 Å². The molecule has 0 amide bonds. The van der Waals surface area contributed by atoms with Gasteiger partial charge < -0.3 is 10.3 Å². The summed E-state index contributed by atoms with van der Waals surface area (Å²) in [6.07, 6.45) is 0. The molecule has 1 aromatic heterocycles. The minimum Gasteiger partial charge on any atom is -0.369 e. The Morgan fingerprint density at radius 2 is 2.00 bits per heavy atom. The summed E-state index contributed by atoms with van der Waals surface area (Å²) in [7, 11) is 0. The first-order valence-corrected chi connectivity index (χ1v) is 5.92. The maximum absolute atomic E-state index is 13.3. The van der Waals surface area contributed by atoms with Crippen molar-refractivity contribution in [2.24, 2.45) is 5.92 Å². The highest BCUT2D eigenvalue weighted by Crippen LogP contribution is 2.30. The minimum absolute atomic E-state index is 0.0922. The molecule has 5 heteroatoms. The standard InChI is InChI=1S/C12H15ClFN3/c1-6(2)7(3)17-11-4-8(13)9(14)5-10(11)16-12(17)15/h4-7H,1-3H3,(H2,15,16). The minimum atomic E-state index is -0.471. The van der Waals surface area contributed by atoms with Gasteiger partial charge in [0.2, 0.25) is 5.95 Å². The lowest BCUT2D eigenvalue weighted by Gasteiger charge is -2.19. The molecule has 0 bridgehead atoms. The highest BCUT2D eigenvalue weighted by atomic mass is 35.5. The van der Waals surface area contributed by atoms with Crippen LogP contribution in [0.5, 0.6) is 0 Å². The van der Waals surface area contributed by atoms with Crippen LogP contribution in [0.1, 0.15) is 26.8 Å². The third-order valence-corrected chi connectivity index (χ3v) is 3.42. The molecular formula is C12H15ClFN3. The van der Waals surface area contributed by atoms with Gasteiger partial charge in [0.15, 0.2) is 0 Å². The van der Waals surface area contributed by atoms with Crippen LogP contribution >= 0.6 is 11.6 Å². The lowest BCUT2D eigenvalue weighted by Crippen LogP contribution is -2.13. The quantitative estimate of drug-likeness (QED) is 0.891. The molecular weight excluding hydrogens is 241 g/mol. The van der Waals surface area contributed by atoms with Gasteiger partial charge >= 0.3 is 0 Å². The second-order valence-electron chi connectivity index (χ2n) is 4.58. The molecule has 1 atom stereocenters. The van der Waals surface area contributed by atoms with E-state index in [1.807, 2.05) is 4.57 Å². The molecule has 2 rings (SSSR count). The predicted octanol–water partition coefficient (Wildman–Crippen LogP) is 3.63. The van der Waals surface area contributed by atoms with Gasteiger partial charge in [0.05, 0.1) is 16.1 Å². The van der Waals surface area contributed by atoms with E-state index in [-0.39, 0.29) is 11.1 Å². The van der Waals surface area contributed by atoms with Crippen molar-refractivity contribution in [3.05, 3.63) is 23.0 Å². The van der Waals surface area contributed by atoms with E-state index < -0.39 is 5.82 Å². The Labute approximate surface area is 104 Å². The fraction of sp³-hybridized carbons (Fsp3) is 0.417. The SMILES string of the molecule is CC(C)C(C)n1c(N)nc2cc(F)c(Cl)cc21. The number of benzene rings is 1. The van der Waals surface area contributed by atoms with Crippen LogP contribution in [-0.4, -0.2) is 9.55 Å². The highest BCUT2D eigenvalue weighted by molar-refractivity contribution is 6.31.